The fraction of sp³-hybridized carbons (Fsp3) is 0. The minimum atomic E-state index is 0.0780. The summed E-state index contributed by atoms with van der Waals surface area (Å²) in [6, 6.07) is 43.1. The molecule has 3 aromatic heterocycles. The molecule has 0 spiro atoms. The Bertz CT molecular complexity index is 4060. The number of benzene rings is 9. The van der Waals surface area contributed by atoms with Crippen LogP contribution in [0.2, 0.25) is 0 Å². The van der Waals surface area contributed by atoms with Crippen LogP contribution in [0.5, 0.6) is 0 Å². The topological polar surface area (TPSA) is 31.2 Å². The summed E-state index contributed by atoms with van der Waals surface area (Å²) in [4.78, 5) is 0. The molecule has 0 amide bonds. The third kappa shape index (κ3) is 5.57. The number of aromatic nitrogens is 1. The van der Waals surface area contributed by atoms with Crippen LogP contribution in [0.1, 0.15) is 0 Å². The van der Waals surface area contributed by atoms with Crippen LogP contribution in [-0.2, 0) is 0 Å². The predicted octanol–water partition coefficient (Wildman–Crippen LogP) is 2.67. The van der Waals surface area contributed by atoms with E-state index in [0.29, 0.717) is 49.4 Å². The smallest absolute Gasteiger partial charge is 0.143 e. The fourth-order valence-electron chi connectivity index (χ4n) is 9.90. The minimum Gasteiger partial charge on any atom is -0.456 e. The first-order chi connectivity index (χ1) is 31.4. The molecule has 0 atom stereocenters. The van der Waals surface area contributed by atoms with Crippen LogP contribution in [-0.4, -0.2) is 83.0 Å². The van der Waals surface area contributed by atoms with Crippen molar-refractivity contribution in [3.8, 4) is 39.1 Å². The van der Waals surface area contributed by atoms with Gasteiger partial charge in [0.15, 0.2) is 0 Å². The van der Waals surface area contributed by atoms with E-state index in [-0.39, 0.29) is 54.6 Å². The molecule has 12 aromatic rings. The van der Waals surface area contributed by atoms with E-state index in [9.17, 15) is 0 Å². The summed E-state index contributed by atoms with van der Waals surface area (Å²) in [7, 11) is 67.7. The van der Waals surface area contributed by atoms with E-state index >= 15 is 0 Å². The lowest BCUT2D eigenvalue weighted by molar-refractivity contribution is 0.668. The van der Waals surface area contributed by atoms with E-state index in [4.69, 9.17) is 87.3 Å². The van der Waals surface area contributed by atoms with Gasteiger partial charge in [-0.1, -0.05) is 124 Å². The maximum atomic E-state index is 7.14. The fourth-order valence-corrected chi connectivity index (χ4v) is 9.90. The summed E-state index contributed by atoms with van der Waals surface area (Å²) < 4.78 is 15.3. The maximum absolute atomic E-state index is 7.14. The zero-order valence-corrected chi connectivity index (χ0v) is 34.7. The SMILES string of the molecule is [B]c1c([B])c([B])c2c(c1[B])c([B])c([B])c1c2c2c([B])c([B])c([B])c([B])c2n1-c1cc(-c2cc(-c3ccc(-c4ccccc4)cc3)c3oc4ccccc4c3c2)c2c(c1)oc1ccccc12. The molecule has 20 radical (unpaired) electrons. The van der Waals surface area contributed by atoms with Crippen LogP contribution in [0.4, 0.5) is 0 Å². The van der Waals surface area contributed by atoms with Crippen molar-refractivity contribution >= 4 is 210 Å². The molecule has 0 N–H and O–H groups in total. The van der Waals surface area contributed by atoms with Gasteiger partial charge in [0, 0.05) is 55.0 Å². The molecule has 9 aromatic carbocycles. The third-order valence-corrected chi connectivity index (χ3v) is 13.1. The second-order valence-electron chi connectivity index (χ2n) is 16.6. The first kappa shape index (κ1) is 39.8. The highest BCUT2D eigenvalue weighted by molar-refractivity contribution is 6.73. The van der Waals surface area contributed by atoms with Gasteiger partial charge in [0.2, 0.25) is 0 Å². The van der Waals surface area contributed by atoms with Crippen molar-refractivity contribution in [3.63, 3.8) is 0 Å². The quantitative estimate of drug-likeness (QED) is 0.257. The van der Waals surface area contributed by atoms with Crippen molar-refractivity contribution in [2.45, 2.75) is 0 Å². The molecule has 13 heteroatoms. The molecule has 0 aliphatic rings. The molecule has 65 heavy (non-hydrogen) atoms. The highest BCUT2D eigenvalue weighted by Gasteiger charge is 2.27. The van der Waals surface area contributed by atoms with Gasteiger partial charge in [0.1, 0.15) is 101 Å². The Kier molecular flexibility index (Phi) is 8.83. The average Bonchev–Trinajstić information content (AvgIpc) is 4.02. The van der Waals surface area contributed by atoms with Crippen LogP contribution in [0.15, 0.2) is 136 Å². The predicted molar refractivity (Wildman–Crippen MR) is 283 cm³/mol. The Morgan fingerprint density at radius 1 is 0.308 bits per heavy atom. The summed E-state index contributed by atoms with van der Waals surface area (Å²) in [5, 5.41) is 5.33. The van der Waals surface area contributed by atoms with Crippen LogP contribution < -0.4 is 54.6 Å². The second-order valence-corrected chi connectivity index (χ2v) is 16.6. The second kappa shape index (κ2) is 14.4. The maximum Gasteiger partial charge on any atom is 0.143 e. The van der Waals surface area contributed by atoms with Crippen molar-refractivity contribution < 1.29 is 8.83 Å². The average molecular weight is 800 g/mol. The molecule has 0 aliphatic heterocycles. The van der Waals surface area contributed by atoms with Gasteiger partial charge in [0.05, 0.1) is 5.69 Å². The largest absolute Gasteiger partial charge is 0.456 e. The minimum absolute atomic E-state index is 0.0780. The van der Waals surface area contributed by atoms with Gasteiger partial charge in [-0.15, -0.1) is 21.9 Å². The number of rotatable bonds is 4. The molecule has 0 saturated carbocycles. The van der Waals surface area contributed by atoms with E-state index in [1.807, 2.05) is 65.2 Å². The van der Waals surface area contributed by atoms with Crippen LogP contribution in [0.25, 0.3) is 116 Å². The molecule has 0 unspecified atom stereocenters. The third-order valence-electron chi connectivity index (χ3n) is 13.1. The van der Waals surface area contributed by atoms with Crippen molar-refractivity contribution in [1.82, 2.24) is 4.57 Å². The number of furan rings is 2. The van der Waals surface area contributed by atoms with Crippen LogP contribution in [0.3, 0.4) is 0 Å². The molecular weight excluding hydrogens is 779 g/mol. The first-order valence-electron chi connectivity index (χ1n) is 20.8. The molecule has 0 bridgehead atoms. The summed E-state index contributed by atoms with van der Waals surface area (Å²) in [6.45, 7) is 0. The van der Waals surface area contributed by atoms with E-state index in [1.54, 1.807) is 0 Å². The van der Waals surface area contributed by atoms with Crippen molar-refractivity contribution in [1.29, 1.82) is 0 Å². The van der Waals surface area contributed by atoms with Gasteiger partial charge in [-0.2, -0.15) is 0 Å². The van der Waals surface area contributed by atoms with Crippen LogP contribution >= 0.6 is 0 Å². The molecule has 3 heterocycles. The van der Waals surface area contributed by atoms with Gasteiger partial charge in [-0.05, 0) is 68.9 Å². The van der Waals surface area contributed by atoms with E-state index in [0.717, 1.165) is 66.1 Å². The van der Waals surface area contributed by atoms with Crippen molar-refractivity contribution in [2.75, 3.05) is 0 Å². The summed E-state index contributed by atoms with van der Waals surface area (Å²) >= 11 is 0. The monoisotopic (exact) mass is 801 g/mol. The number of nitrogens with zero attached hydrogens (tertiary/aromatic N) is 1. The Morgan fingerprint density at radius 2 is 0.831 bits per heavy atom. The lowest BCUT2D eigenvalue weighted by Crippen LogP contribution is -2.50. The highest BCUT2D eigenvalue weighted by atomic mass is 16.3. The van der Waals surface area contributed by atoms with E-state index in [2.05, 4.69) is 66.7 Å². The van der Waals surface area contributed by atoms with Gasteiger partial charge < -0.3 is 13.4 Å². The summed E-state index contributed by atoms with van der Waals surface area (Å²) in [5.41, 5.74) is 11.3. The Morgan fingerprint density at radius 3 is 1.54 bits per heavy atom. The Balaban J connectivity index is 1.23. The lowest BCUT2D eigenvalue weighted by atomic mass is 9.61. The van der Waals surface area contributed by atoms with E-state index < -0.39 is 0 Å². The number of para-hydroxylation sites is 2. The zero-order valence-electron chi connectivity index (χ0n) is 34.7. The molecule has 0 saturated heterocycles. The Labute approximate surface area is 387 Å². The summed E-state index contributed by atoms with van der Waals surface area (Å²) in [5.74, 6) is 0. The zero-order chi connectivity index (χ0) is 44.7. The number of hydrogen-bond donors (Lipinski definition) is 0. The first-order valence-corrected chi connectivity index (χ1v) is 20.8. The van der Waals surface area contributed by atoms with Gasteiger partial charge in [-0.3, -0.25) is 0 Å². The highest BCUT2D eigenvalue weighted by Crippen LogP contribution is 2.45. The molecular formula is C52H21B10NO2. The molecule has 12 rings (SSSR count). The van der Waals surface area contributed by atoms with Gasteiger partial charge in [0.25, 0.3) is 0 Å². The standard InChI is InChI=1S/C52H21B10NO2/c53-40-36-37-39-43(56)46(59)47(60)49(62)51(39)63(50(37)48(61)42(55)38(36)41(54)45(58)44(40)57)26-20-29(35-28-11-5-7-13-33(28)64-34(35)21-26)25-18-30(52-31(19-25)27-10-4-6-12-32(27)65-52)24-16-14-23(15-17-24)22-8-2-1-3-9-22/h1-21H. The van der Waals surface area contributed by atoms with E-state index in [1.165, 1.54) is 0 Å². The van der Waals surface area contributed by atoms with Gasteiger partial charge >= 0.3 is 0 Å². The van der Waals surface area contributed by atoms with Crippen molar-refractivity contribution in [2.24, 2.45) is 0 Å². The lowest BCUT2D eigenvalue weighted by Gasteiger charge is -2.22. The molecule has 276 valence electrons. The van der Waals surface area contributed by atoms with Gasteiger partial charge in [-0.25, -0.2) is 0 Å². The number of hydrogen-bond acceptors (Lipinski definition) is 2. The number of fused-ring (bicyclic) bond motifs is 11. The summed E-state index contributed by atoms with van der Waals surface area (Å²) in [6.07, 6.45) is 0. The van der Waals surface area contributed by atoms with Crippen molar-refractivity contribution in [3.05, 3.63) is 127 Å². The normalized spacial score (nSPS) is 12.0. The molecule has 0 aliphatic carbocycles. The Hall–Kier alpha value is -6.71. The molecule has 0 fully saturated rings. The van der Waals surface area contributed by atoms with Crippen LogP contribution in [0, 0.1) is 0 Å². The molecule has 3 nitrogen and oxygen atoms in total.